The number of amides is 1. The van der Waals surface area contributed by atoms with Crippen molar-refractivity contribution >= 4 is 15.9 Å². The molecule has 1 aliphatic carbocycles. The van der Waals surface area contributed by atoms with Gasteiger partial charge in [-0.25, -0.2) is 8.42 Å². The number of benzene rings is 2. The molecule has 2 aromatic carbocycles. The van der Waals surface area contributed by atoms with Gasteiger partial charge in [-0.1, -0.05) is 43.5 Å². The van der Waals surface area contributed by atoms with Crippen LogP contribution in [0.3, 0.4) is 0 Å². The molecule has 0 heterocycles. The van der Waals surface area contributed by atoms with E-state index in [1.165, 1.54) is 10.7 Å². The molecule has 6 heteroatoms. The molecule has 0 bridgehead atoms. The van der Waals surface area contributed by atoms with Crippen molar-refractivity contribution < 1.29 is 13.2 Å². The van der Waals surface area contributed by atoms with Crippen LogP contribution >= 0.6 is 0 Å². The summed E-state index contributed by atoms with van der Waals surface area (Å²) in [5, 5.41) is 0. The second kappa shape index (κ2) is 9.09. The third-order valence-corrected chi connectivity index (χ3v) is 7.81. The second-order valence-electron chi connectivity index (χ2n) is 7.93. The Kier molecular flexibility index (Phi) is 6.75. The lowest BCUT2D eigenvalue weighted by molar-refractivity contribution is 0.0785. The molecule has 1 fully saturated rings. The van der Waals surface area contributed by atoms with Crippen molar-refractivity contribution in [3.8, 4) is 0 Å². The minimum atomic E-state index is -3.55. The smallest absolute Gasteiger partial charge is 0.253 e. The van der Waals surface area contributed by atoms with Gasteiger partial charge in [0.2, 0.25) is 10.0 Å². The molecule has 0 N–H and O–H groups in total. The summed E-state index contributed by atoms with van der Waals surface area (Å²) in [6.07, 6.45) is 5.15. The maximum atomic E-state index is 13.0. The normalized spacial score (nSPS) is 15.4. The first-order chi connectivity index (χ1) is 13.8. The van der Waals surface area contributed by atoms with E-state index in [0.717, 1.165) is 36.8 Å². The van der Waals surface area contributed by atoms with Gasteiger partial charge in [-0.3, -0.25) is 4.79 Å². The third kappa shape index (κ3) is 4.87. The molecule has 0 unspecified atom stereocenters. The van der Waals surface area contributed by atoms with Crippen molar-refractivity contribution in [2.75, 3.05) is 14.1 Å². The minimum absolute atomic E-state index is 0.0651. The third-order valence-electron chi connectivity index (χ3n) is 5.88. The van der Waals surface area contributed by atoms with E-state index in [9.17, 15) is 13.2 Å². The highest BCUT2D eigenvalue weighted by Crippen LogP contribution is 2.26. The van der Waals surface area contributed by atoms with E-state index in [-0.39, 0.29) is 16.8 Å². The Labute approximate surface area is 174 Å². The highest BCUT2D eigenvalue weighted by Gasteiger charge is 2.29. The van der Waals surface area contributed by atoms with E-state index >= 15 is 0 Å². The lowest BCUT2D eigenvalue weighted by Gasteiger charge is -2.30. The van der Waals surface area contributed by atoms with Crippen LogP contribution in [0.15, 0.2) is 53.4 Å². The number of hydrogen-bond donors (Lipinski definition) is 0. The topological polar surface area (TPSA) is 57.7 Å². The van der Waals surface area contributed by atoms with Crippen LogP contribution in [-0.2, 0) is 16.6 Å². The molecule has 29 heavy (non-hydrogen) atoms. The van der Waals surface area contributed by atoms with Crippen molar-refractivity contribution in [1.82, 2.24) is 9.21 Å². The molecule has 2 aromatic rings. The van der Waals surface area contributed by atoms with Gasteiger partial charge in [0.25, 0.3) is 5.91 Å². The molecular weight excluding hydrogens is 384 g/mol. The van der Waals surface area contributed by atoms with Crippen LogP contribution in [0.1, 0.15) is 53.6 Å². The molecular formula is C23H30N2O3S. The average Bonchev–Trinajstić information content (AvgIpc) is 2.75. The molecule has 0 atom stereocenters. The molecule has 0 spiro atoms. The standard InChI is InChI=1S/C23H30N2O3S/c1-18-9-7-8-10-20(18)17-24(2)23(26)19-13-15-22(16-14-19)29(27,28)25(3)21-11-5-4-6-12-21/h7-10,13-16,21H,4-6,11-12,17H2,1-3H3. The number of nitrogens with zero attached hydrogens (tertiary/aromatic N) is 2. The maximum Gasteiger partial charge on any atom is 0.253 e. The molecule has 1 saturated carbocycles. The molecule has 0 radical (unpaired) electrons. The lowest BCUT2D eigenvalue weighted by atomic mass is 9.96. The van der Waals surface area contributed by atoms with E-state index < -0.39 is 10.0 Å². The van der Waals surface area contributed by atoms with Crippen LogP contribution in [0.4, 0.5) is 0 Å². The van der Waals surface area contributed by atoms with E-state index in [2.05, 4.69) is 0 Å². The fourth-order valence-electron chi connectivity index (χ4n) is 3.91. The number of aryl methyl sites for hydroxylation is 1. The predicted molar refractivity (Wildman–Crippen MR) is 115 cm³/mol. The van der Waals surface area contributed by atoms with Crippen molar-refractivity contribution in [3.05, 3.63) is 65.2 Å². The molecule has 1 aliphatic rings. The largest absolute Gasteiger partial charge is 0.337 e. The lowest BCUT2D eigenvalue weighted by Crippen LogP contribution is -2.38. The number of carbonyl (C=O) groups is 1. The average molecular weight is 415 g/mol. The number of sulfonamides is 1. The highest BCUT2D eigenvalue weighted by molar-refractivity contribution is 7.89. The zero-order chi connectivity index (χ0) is 21.0. The van der Waals surface area contributed by atoms with Gasteiger partial charge in [0.1, 0.15) is 0 Å². The predicted octanol–water partition coefficient (Wildman–Crippen LogP) is 4.22. The van der Waals surface area contributed by atoms with E-state index in [1.54, 1.807) is 43.3 Å². The van der Waals surface area contributed by atoms with Crippen LogP contribution < -0.4 is 0 Å². The van der Waals surface area contributed by atoms with Crippen molar-refractivity contribution in [2.24, 2.45) is 0 Å². The van der Waals surface area contributed by atoms with Gasteiger partial charge < -0.3 is 4.90 Å². The molecule has 0 saturated heterocycles. The van der Waals surface area contributed by atoms with Crippen molar-refractivity contribution in [2.45, 2.75) is 56.5 Å². The molecule has 0 aromatic heterocycles. The van der Waals surface area contributed by atoms with Crippen LogP contribution in [-0.4, -0.2) is 43.7 Å². The Balaban J connectivity index is 1.71. The molecule has 0 aliphatic heterocycles. The maximum absolute atomic E-state index is 13.0. The summed E-state index contributed by atoms with van der Waals surface area (Å²) >= 11 is 0. The van der Waals surface area contributed by atoms with Crippen molar-refractivity contribution in [3.63, 3.8) is 0 Å². The Morgan fingerprint density at radius 1 is 0.966 bits per heavy atom. The first-order valence-electron chi connectivity index (χ1n) is 10.2. The number of carbonyl (C=O) groups excluding carboxylic acids is 1. The number of hydrogen-bond acceptors (Lipinski definition) is 3. The van der Waals surface area contributed by atoms with Gasteiger partial charge in [0, 0.05) is 32.2 Å². The quantitative estimate of drug-likeness (QED) is 0.711. The van der Waals surface area contributed by atoms with Gasteiger partial charge in [-0.05, 0) is 55.2 Å². The Hall–Kier alpha value is -2.18. The fraction of sp³-hybridized carbons (Fsp3) is 0.435. The molecule has 156 valence electrons. The zero-order valence-corrected chi connectivity index (χ0v) is 18.3. The fourth-order valence-corrected chi connectivity index (χ4v) is 5.33. The van der Waals surface area contributed by atoms with E-state index in [1.807, 2.05) is 31.2 Å². The van der Waals surface area contributed by atoms with Gasteiger partial charge in [0.15, 0.2) is 0 Å². The molecule has 5 nitrogen and oxygen atoms in total. The zero-order valence-electron chi connectivity index (χ0n) is 17.5. The van der Waals surface area contributed by atoms with Crippen LogP contribution in [0.2, 0.25) is 0 Å². The number of rotatable bonds is 6. The van der Waals surface area contributed by atoms with E-state index in [0.29, 0.717) is 12.1 Å². The van der Waals surface area contributed by atoms with Crippen LogP contribution in [0.25, 0.3) is 0 Å². The summed E-state index contributed by atoms with van der Waals surface area (Å²) in [6.45, 7) is 2.53. The van der Waals surface area contributed by atoms with Crippen LogP contribution in [0.5, 0.6) is 0 Å². The Morgan fingerprint density at radius 3 is 2.21 bits per heavy atom. The van der Waals surface area contributed by atoms with Gasteiger partial charge in [-0.2, -0.15) is 4.31 Å². The summed E-state index contributed by atoms with van der Waals surface area (Å²) in [5.74, 6) is -0.127. The summed E-state index contributed by atoms with van der Waals surface area (Å²) in [5.41, 5.74) is 2.72. The molecule has 3 rings (SSSR count). The monoisotopic (exact) mass is 414 g/mol. The second-order valence-corrected chi connectivity index (χ2v) is 9.92. The molecule has 1 amide bonds. The Morgan fingerprint density at radius 2 is 1.59 bits per heavy atom. The summed E-state index contributed by atoms with van der Waals surface area (Å²) < 4.78 is 27.4. The van der Waals surface area contributed by atoms with Gasteiger partial charge in [-0.15, -0.1) is 0 Å². The first kappa shape index (κ1) is 21.5. The Bertz CT molecular complexity index is 948. The van der Waals surface area contributed by atoms with E-state index in [4.69, 9.17) is 0 Å². The SMILES string of the molecule is Cc1ccccc1CN(C)C(=O)c1ccc(S(=O)(=O)N(C)C2CCCCC2)cc1. The first-order valence-corrected chi connectivity index (χ1v) is 11.6. The highest BCUT2D eigenvalue weighted by atomic mass is 32.2. The van der Waals surface area contributed by atoms with Crippen LogP contribution in [0, 0.1) is 6.92 Å². The van der Waals surface area contributed by atoms with Gasteiger partial charge in [0.05, 0.1) is 4.90 Å². The summed E-state index contributed by atoms with van der Waals surface area (Å²) in [4.78, 5) is 14.7. The van der Waals surface area contributed by atoms with Gasteiger partial charge >= 0.3 is 0 Å². The summed E-state index contributed by atoms with van der Waals surface area (Å²) in [7, 11) is -0.120. The summed E-state index contributed by atoms with van der Waals surface area (Å²) in [6, 6.07) is 14.3. The van der Waals surface area contributed by atoms with Crippen molar-refractivity contribution in [1.29, 1.82) is 0 Å². The minimum Gasteiger partial charge on any atom is -0.337 e.